The Morgan fingerprint density at radius 1 is 0.900 bits per heavy atom. The summed E-state index contributed by atoms with van der Waals surface area (Å²) in [4.78, 5) is 3.54. The average Bonchev–Trinajstić information content (AvgIpc) is 2.40. The van der Waals surface area contributed by atoms with Gasteiger partial charge in [-0.15, -0.1) is 0 Å². The number of diazo groups is 1. The molecule has 4 nitrogen and oxygen atoms in total. The van der Waals surface area contributed by atoms with Crippen LogP contribution in [0.4, 0.5) is 0 Å². The number of rotatable bonds is 2. The molecule has 1 fully saturated rings. The lowest BCUT2D eigenvalue weighted by molar-refractivity contribution is 0.275. The molecule has 0 amide bonds. The first-order valence-corrected chi connectivity index (χ1v) is 8.30. The molecule has 2 aliphatic rings. The largest absolute Gasteiger partial charge is 0.706 e. The van der Waals surface area contributed by atoms with E-state index in [1.807, 2.05) is 0 Å². The zero-order valence-corrected chi connectivity index (χ0v) is 12.4. The highest BCUT2D eigenvalue weighted by Gasteiger charge is 2.36. The lowest BCUT2D eigenvalue weighted by Gasteiger charge is -2.26. The van der Waals surface area contributed by atoms with E-state index in [0.29, 0.717) is 17.3 Å². The van der Waals surface area contributed by atoms with Crippen molar-refractivity contribution in [3.05, 3.63) is 21.9 Å². The first-order valence-electron chi connectivity index (χ1n) is 8.30. The monoisotopic (exact) mass is 274 g/mol. The fourth-order valence-electron chi connectivity index (χ4n) is 3.89. The van der Waals surface area contributed by atoms with E-state index in [-0.39, 0.29) is 5.92 Å². The zero-order valence-electron chi connectivity index (χ0n) is 12.4. The highest BCUT2D eigenvalue weighted by atomic mass is 15.0. The predicted octanol–water partition coefficient (Wildman–Crippen LogP) is 6.01. The highest BCUT2D eigenvalue weighted by Crippen LogP contribution is 2.39. The molecule has 0 heterocycles. The van der Waals surface area contributed by atoms with Gasteiger partial charge in [-0.2, -0.15) is 0 Å². The molecule has 20 heavy (non-hydrogen) atoms. The summed E-state index contributed by atoms with van der Waals surface area (Å²) in [6.07, 6.45) is 14.2. The second-order valence-corrected chi connectivity index (χ2v) is 6.34. The van der Waals surface area contributed by atoms with E-state index in [4.69, 9.17) is 0 Å². The lowest BCUT2D eigenvalue weighted by Crippen LogP contribution is -2.19. The first-order chi connectivity index (χ1) is 9.86. The van der Waals surface area contributed by atoms with Crippen molar-refractivity contribution in [2.75, 3.05) is 0 Å². The van der Waals surface area contributed by atoms with Gasteiger partial charge in [0.1, 0.15) is 5.70 Å². The van der Waals surface area contributed by atoms with Crippen LogP contribution in [-0.4, -0.2) is 0 Å². The molecule has 0 aromatic heterocycles. The predicted molar refractivity (Wildman–Crippen MR) is 80.3 cm³/mol. The third-order valence-corrected chi connectivity index (χ3v) is 5.02. The van der Waals surface area contributed by atoms with E-state index in [9.17, 15) is 10.9 Å². The van der Waals surface area contributed by atoms with E-state index in [0.717, 1.165) is 19.3 Å². The van der Waals surface area contributed by atoms with Crippen molar-refractivity contribution in [1.29, 1.82) is 5.39 Å². The Balaban J connectivity index is 2.21. The Morgan fingerprint density at radius 3 is 2.15 bits per heavy atom. The van der Waals surface area contributed by atoms with E-state index in [2.05, 4.69) is 10.1 Å². The molecule has 2 rings (SSSR count). The molecular weight excluding hydrogens is 248 g/mol. The minimum atomic E-state index is 0.282. The van der Waals surface area contributed by atoms with E-state index in [1.165, 1.54) is 57.8 Å². The average molecular weight is 274 g/mol. The van der Waals surface area contributed by atoms with Crippen molar-refractivity contribution in [2.24, 2.45) is 17.0 Å². The molecule has 0 N–H and O–H groups in total. The van der Waals surface area contributed by atoms with Crippen LogP contribution in [0, 0.1) is 17.2 Å². The molecule has 2 aliphatic carbocycles. The van der Waals surface area contributed by atoms with Gasteiger partial charge >= 0.3 is 5.70 Å². The fourth-order valence-corrected chi connectivity index (χ4v) is 3.89. The first kappa shape index (κ1) is 15.2. The standard InChI is InChI=1S/C16H26N4/c17-19-15-12-8-4-7-11-14(16(15)20-18)13-9-5-2-1-3-6-10-13/h13-14H,1-12H2. The molecule has 0 radical (unpaired) electrons. The molecule has 0 saturated heterocycles. The van der Waals surface area contributed by atoms with Crippen molar-refractivity contribution < 1.29 is 0 Å². The smallest absolute Gasteiger partial charge is 0.384 e. The third-order valence-electron chi connectivity index (χ3n) is 5.02. The minimum Gasteiger partial charge on any atom is -0.706 e. The number of hydrogen-bond acceptors (Lipinski definition) is 2. The second kappa shape index (κ2) is 8.14. The molecule has 0 aromatic rings. The minimum absolute atomic E-state index is 0.282. The van der Waals surface area contributed by atoms with Crippen molar-refractivity contribution in [2.45, 2.75) is 77.0 Å². The zero-order chi connectivity index (χ0) is 14.2. The summed E-state index contributed by atoms with van der Waals surface area (Å²) in [6.45, 7) is 0. The van der Waals surface area contributed by atoms with Gasteiger partial charge in [-0.25, -0.2) is 0 Å². The number of allylic oxidation sites excluding steroid dienone is 2. The van der Waals surface area contributed by atoms with E-state index in [1.54, 1.807) is 0 Å². The molecule has 4 heteroatoms. The maximum atomic E-state index is 9.43. The van der Waals surface area contributed by atoms with Gasteiger partial charge in [-0.1, -0.05) is 44.9 Å². The van der Waals surface area contributed by atoms with Crippen LogP contribution in [0.15, 0.2) is 16.5 Å². The molecule has 0 aromatic carbocycles. The molecule has 1 unspecified atom stereocenters. The summed E-state index contributed by atoms with van der Waals surface area (Å²) in [5.74, 6) is 0.875. The van der Waals surface area contributed by atoms with Crippen molar-refractivity contribution >= 4 is 0 Å². The second-order valence-electron chi connectivity index (χ2n) is 6.34. The molecule has 0 spiro atoms. The Morgan fingerprint density at radius 2 is 1.50 bits per heavy atom. The molecular formula is C16H26N4. The van der Waals surface area contributed by atoms with Gasteiger partial charge in [0, 0.05) is 0 Å². The van der Waals surface area contributed by atoms with Gasteiger partial charge in [0.25, 0.3) is 0 Å². The van der Waals surface area contributed by atoms with Crippen LogP contribution in [0.5, 0.6) is 0 Å². The maximum absolute atomic E-state index is 9.43. The van der Waals surface area contributed by atoms with E-state index < -0.39 is 0 Å². The van der Waals surface area contributed by atoms with Crippen LogP contribution in [0.1, 0.15) is 77.0 Å². The van der Waals surface area contributed by atoms with Crippen LogP contribution in [-0.2, 0) is 0 Å². The summed E-state index contributed by atoms with van der Waals surface area (Å²) < 4.78 is 0. The van der Waals surface area contributed by atoms with Crippen molar-refractivity contribution in [3.63, 3.8) is 0 Å². The Bertz CT molecular complexity index is 386. The number of nitrogens with zero attached hydrogens (tertiary/aromatic N) is 4. The Kier molecular flexibility index (Phi) is 6.17. The quantitative estimate of drug-likeness (QED) is 0.449. The summed E-state index contributed by atoms with van der Waals surface area (Å²) in [5, 5.41) is 12.8. The molecule has 110 valence electrons. The van der Waals surface area contributed by atoms with Crippen molar-refractivity contribution in [1.82, 2.24) is 0 Å². The molecule has 1 saturated carbocycles. The van der Waals surface area contributed by atoms with Gasteiger partial charge in [-0.05, 0) is 38.0 Å². The maximum Gasteiger partial charge on any atom is 0.384 e. The third kappa shape index (κ3) is 3.88. The van der Waals surface area contributed by atoms with E-state index >= 15 is 0 Å². The van der Waals surface area contributed by atoms with Gasteiger partial charge in [0.2, 0.25) is 5.39 Å². The van der Waals surface area contributed by atoms with Crippen molar-refractivity contribution in [3.8, 4) is 0 Å². The molecule has 0 bridgehead atoms. The van der Waals surface area contributed by atoms with Gasteiger partial charge in [0.15, 0.2) is 4.98 Å². The van der Waals surface area contributed by atoms with Gasteiger partial charge in [0.05, 0.1) is 5.92 Å². The summed E-state index contributed by atoms with van der Waals surface area (Å²) in [6, 6.07) is 0. The lowest BCUT2D eigenvalue weighted by atomic mass is 9.76. The fraction of sp³-hybridized carbons (Fsp3) is 0.875. The Hall–Kier alpha value is -1.24. The van der Waals surface area contributed by atoms with Gasteiger partial charge < -0.3 is 10.6 Å². The van der Waals surface area contributed by atoms with Crippen LogP contribution in [0.2, 0.25) is 0 Å². The summed E-state index contributed by atoms with van der Waals surface area (Å²) >= 11 is 0. The van der Waals surface area contributed by atoms with Gasteiger partial charge in [-0.3, -0.25) is 0 Å². The van der Waals surface area contributed by atoms with Crippen LogP contribution < -0.4 is 0 Å². The Labute approximate surface area is 122 Å². The normalized spacial score (nSPS) is 26.9. The molecule has 1 atom stereocenters. The number of hydrogen-bond donors (Lipinski definition) is 0. The topological polar surface area (TPSA) is 62.8 Å². The van der Waals surface area contributed by atoms with Crippen LogP contribution in [0.25, 0.3) is 10.5 Å². The summed E-state index contributed by atoms with van der Waals surface area (Å²) in [7, 11) is 0. The van der Waals surface area contributed by atoms with Crippen LogP contribution >= 0.6 is 0 Å². The van der Waals surface area contributed by atoms with Crippen LogP contribution in [0.3, 0.4) is 0 Å². The SMILES string of the molecule is N#[N+]C1=C(N=[N-])CCCCCC1C1CCCCCCC1. The highest BCUT2D eigenvalue weighted by molar-refractivity contribution is 5.22. The summed E-state index contributed by atoms with van der Waals surface area (Å²) in [5.41, 5.74) is 10.5. The molecule has 0 aliphatic heterocycles.